The number of aromatic amines is 1. The van der Waals surface area contributed by atoms with Crippen molar-refractivity contribution in [3.8, 4) is 0 Å². The zero-order valence-electron chi connectivity index (χ0n) is 12.5. The van der Waals surface area contributed by atoms with Crippen molar-refractivity contribution < 1.29 is 27.3 Å². The Balaban J connectivity index is 2.00. The van der Waals surface area contributed by atoms with E-state index in [1.165, 1.54) is 0 Å². The molecule has 0 spiro atoms. The second kappa shape index (κ2) is 5.98. The maximum Gasteiger partial charge on any atom is 0.417 e. The fourth-order valence-electron chi connectivity index (χ4n) is 2.25. The van der Waals surface area contributed by atoms with Gasteiger partial charge in [-0.25, -0.2) is 4.79 Å². The average Bonchev–Trinajstić information content (AvgIpc) is 3.02. The molecular formula is C14H7F3N4O5. The number of fused-ring (bicyclic) bond motifs is 1. The van der Waals surface area contributed by atoms with Gasteiger partial charge in [-0.2, -0.15) is 18.3 Å². The van der Waals surface area contributed by atoms with E-state index in [0.717, 1.165) is 24.4 Å². The van der Waals surface area contributed by atoms with Crippen LogP contribution < -0.4 is 10.9 Å². The first kappa shape index (κ1) is 17.1. The first-order valence-corrected chi connectivity index (χ1v) is 6.81. The molecule has 0 bridgehead atoms. The van der Waals surface area contributed by atoms with Crippen molar-refractivity contribution in [2.24, 2.45) is 0 Å². The average molecular weight is 368 g/mol. The van der Waals surface area contributed by atoms with Gasteiger partial charge in [-0.05, 0) is 12.1 Å². The molecule has 0 fully saturated rings. The largest absolute Gasteiger partial charge is 0.423 e. The number of aromatic nitrogens is 2. The number of nitrogens with zero attached hydrogens (tertiary/aromatic N) is 2. The van der Waals surface area contributed by atoms with E-state index in [0.29, 0.717) is 6.07 Å². The topological polar surface area (TPSA) is 131 Å². The van der Waals surface area contributed by atoms with Crippen LogP contribution in [-0.2, 0) is 6.18 Å². The molecule has 2 heterocycles. The van der Waals surface area contributed by atoms with Gasteiger partial charge in [0.1, 0.15) is 11.8 Å². The Morgan fingerprint density at radius 1 is 1.31 bits per heavy atom. The highest BCUT2D eigenvalue weighted by molar-refractivity contribution is 6.06. The first-order valence-electron chi connectivity index (χ1n) is 6.81. The van der Waals surface area contributed by atoms with Crippen molar-refractivity contribution in [2.45, 2.75) is 6.18 Å². The SMILES string of the molecule is O=C(Nc1ccc2c(C(F)(F)F)cc(=O)oc2c1)c1[nH]ncc1[N+](=O)[O-]. The fourth-order valence-corrected chi connectivity index (χ4v) is 2.25. The van der Waals surface area contributed by atoms with E-state index in [-0.39, 0.29) is 11.1 Å². The van der Waals surface area contributed by atoms with Crippen LogP contribution in [0.5, 0.6) is 0 Å². The van der Waals surface area contributed by atoms with Crippen LogP contribution in [0.3, 0.4) is 0 Å². The number of anilines is 1. The molecule has 0 aliphatic heterocycles. The van der Waals surface area contributed by atoms with Crippen molar-refractivity contribution >= 4 is 28.3 Å². The Labute approximate surface area is 140 Å². The Hall–Kier alpha value is -3.70. The number of carbonyl (C=O) groups is 1. The monoisotopic (exact) mass is 368 g/mol. The molecule has 9 nitrogen and oxygen atoms in total. The van der Waals surface area contributed by atoms with Crippen LogP contribution >= 0.6 is 0 Å². The Bertz CT molecular complexity index is 1090. The highest BCUT2D eigenvalue weighted by Gasteiger charge is 2.34. The van der Waals surface area contributed by atoms with E-state index in [9.17, 15) is 32.9 Å². The Kier molecular flexibility index (Phi) is 3.94. The summed E-state index contributed by atoms with van der Waals surface area (Å²) in [6, 6.07) is 3.48. The molecular weight excluding hydrogens is 361 g/mol. The zero-order chi connectivity index (χ0) is 19.1. The summed E-state index contributed by atoms with van der Waals surface area (Å²) in [6.07, 6.45) is -3.93. The lowest BCUT2D eigenvalue weighted by Crippen LogP contribution is -2.14. The van der Waals surface area contributed by atoms with E-state index < -0.39 is 45.2 Å². The van der Waals surface area contributed by atoms with Gasteiger partial charge in [0.25, 0.3) is 5.91 Å². The quantitative estimate of drug-likeness (QED) is 0.415. The third kappa shape index (κ3) is 3.11. The van der Waals surface area contributed by atoms with Crippen molar-refractivity contribution in [1.82, 2.24) is 10.2 Å². The van der Waals surface area contributed by atoms with Gasteiger partial charge in [0.15, 0.2) is 0 Å². The van der Waals surface area contributed by atoms with Gasteiger partial charge < -0.3 is 9.73 Å². The molecule has 1 aromatic carbocycles. The Morgan fingerprint density at radius 2 is 2.04 bits per heavy atom. The lowest BCUT2D eigenvalue weighted by Gasteiger charge is -2.10. The smallest absolute Gasteiger partial charge is 0.417 e. The van der Waals surface area contributed by atoms with Gasteiger partial charge in [-0.15, -0.1) is 0 Å². The van der Waals surface area contributed by atoms with E-state index in [2.05, 4.69) is 15.5 Å². The van der Waals surface area contributed by atoms with Crippen molar-refractivity contribution in [3.05, 3.63) is 62.3 Å². The second-order valence-corrected chi connectivity index (χ2v) is 5.03. The minimum absolute atomic E-state index is 0.0335. The number of nitrogens with one attached hydrogen (secondary N) is 2. The van der Waals surface area contributed by atoms with Gasteiger partial charge in [0.05, 0.1) is 10.5 Å². The van der Waals surface area contributed by atoms with Crippen LogP contribution in [0.15, 0.2) is 39.7 Å². The number of halogens is 3. The number of amides is 1. The highest BCUT2D eigenvalue weighted by atomic mass is 19.4. The number of benzene rings is 1. The summed E-state index contributed by atoms with van der Waals surface area (Å²) in [5.74, 6) is -0.942. The molecule has 0 atom stereocenters. The number of carbonyl (C=O) groups excluding carboxylic acids is 1. The van der Waals surface area contributed by atoms with Crippen molar-refractivity contribution in [3.63, 3.8) is 0 Å². The molecule has 2 N–H and O–H groups in total. The summed E-state index contributed by atoms with van der Waals surface area (Å²) < 4.78 is 43.7. The molecule has 0 saturated heterocycles. The third-order valence-electron chi connectivity index (χ3n) is 3.35. The summed E-state index contributed by atoms with van der Waals surface area (Å²) in [5.41, 5.74) is -3.84. The molecule has 3 rings (SSSR count). The zero-order valence-corrected chi connectivity index (χ0v) is 12.5. The van der Waals surface area contributed by atoms with Crippen LogP contribution in [0, 0.1) is 10.1 Å². The van der Waals surface area contributed by atoms with Crippen LogP contribution in [0.25, 0.3) is 11.0 Å². The molecule has 134 valence electrons. The summed E-state index contributed by atoms with van der Waals surface area (Å²) in [7, 11) is 0. The lowest BCUT2D eigenvalue weighted by molar-refractivity contribution is -0.385. The molecule has 0 saturated carbocycles. The van der Waals surface area contributed by atoms with Crippen LogP contribution in [0.2, 0.25) is 0 Å². The summed E-state index contributed by atoms with van der Waals surface area (Å²) >= 11 is 0. The molecule has 12 heteroatoms. The van der Waals surface area contributed by atoms with Gasteiger partial charge in [-0.1, -0.05) is 0 Å². The van der Waals surface area contributed by atoms with Gasteiger partial charge in [0, 0.05) is 23.2 Å². The summed E-state index contributed by atoms with van der Waals surface area (Å²) in [4.78, 5) is 33.4. The van der Waals surface area contributed by atoms with E-state index in [4.69, 9.17) is 4.42 Å². The first-order chi connectivity index (χ1) is 12.2. The van der Waals surface area contributed by atoms with Gasteiger partial charge >= 0.3 is 17.5 Å². The maximum atomic E-state index is 13.0. The van der Waals surface area contributed by atoms with Crippen molar-refractivity contribution in [2.75, 3.05) is 5.32 Å². The molecule has 3 aromatic rings. The van der Waals surface area contributed by atoms with Crippen LogP contribution in [-0.4, -0.2) is 21.0 Å². The molecule has 0 radical (unpaired) electrons. The summed E-state index contributed by atoms with van der Waals surface area (Å²) in [5, 5.41) is 18.2. The van der Waals surface area contributed by atoms with E-state index in [1.807, 2.05) is 0 Å². The van der Waals surface area contributed by atoms with E-state index >= 15 is 0 Å². The van der Waals surface area contributed by atoms with Crippen LogP contribution in [0.4, 0.5) is 24.5 Å². The number of hydrogen-bond donors (Lipinski definition) is 2. The maximum absolute atomic E-state index is 13.0. The number of nitro groups is 1. The third-order valence-corrected chi connectivity index (χ3v) is 3.35. The normalized spacial score (nSPS) is 11.5. The minimum Gasteiger partial charge on any atom is -0.423 e. The van der Waals surface area contributed by atoms with E-state index in [1.54, 1.807) is 0 Å². The van der Waals surface area contributed by atoms with Gasteiger partial charge in [-0.3, -0.25) is 20.0 Å². The standard InChI is InChI=1S/C14H7F3N4O5/c15-14(16,17)8-4-11(22)26-10-3-6(1-2-7(8)10)19-13(23)12-9(21(24)25)5-18-20-12/h1-5H,(H,18,20)(H,19,23). The fraction of sp³-hybridized carbons (Fsp3) is 0.0714. The molecule has 0 aliphatic carbocycles. The molecule has 2 aromatic heterocycles. The number of H-pyrrole nitrogens is 1. The lowest BCUT2D eigenvalue weighted by atomic mass is 10.1. The van der Waals surface area contributed by atoms with Crippen molar-refractivity contribution in [1.29, 1.82) is 0 Å². The second-order valence-electron chi connectivity index (χ2n) is 5.03. The molecule has 0 unspecified atom stereocenters. The van der Waals surface area contributed by atoms with Crippen LogP contribution in [0.1, 0.15) is 16.1 Å². The minimum atomic E-state index is -4.77. The number of hydrogen-bond acceptors (Lipinski definition) is 6. The molecule has 26 heavy (non-hydrogen) atoms. The molecule has 0 aliphatic rings. The highest BCUT2D eigenvalue weighted by Crippen LogP contribution is 2.34. The Morgan fingerprint density at radius 3 is 2.69 bits per heavy atom. The number of alkyl halides is 3. The summed E-state index contributed by atoms with van der Waals surface area (Å²) in [6.45, 7) is 0. The van der Waals surface area contributed by atoms with Gasteiger partial charge in [0.2, 0.25) is 5.69 Å². The predicted molar refractivity (Wildman–Crippen MR) is 80.7 cm³/mol. The predicted octanol–water partition coefficient (Wildman–Crippen LogP) is 2.70. The molecule has 1 amide bonds. The number of rotatable bonds is 3.